The predicted molar refractivity (Wildman–Crippen MR) is 115 cm³/mol. The molecule has 0 heterocycles. The van der Waals surface area contributed by atoms with Gasteiger partial charge >= 0.3 is 0 Å². The second-order valence-electron chi connectivity index (χ2n) is 7.01. The molecule has 0 aliphatic rings. The summed E-state index contributed by atoms with van der Waals surface area (Å²) in [5, 5.41) is 3.20. The summed E-state index contributed by atoms with van der Waals surface area (Å²) in [6.45, 7) is 2.06. The Balaban J connectivity index is 1.71. The number of amides is 1. The Kier molecular flexibility index (Phi) is 6.90. The monoisotopic (exact) mass is 389 g/mol. The number of carbonyl (C=O) groups excluding carboxylic acids is 1. The van der Waals surface area contributed by atoms with Crippen molar-refractivity contribution in [2.75, 3.05) is 14.2 Å². The molecule has 0 aromatic heterocycles. The van der Waals surface area contributed by atoms with Crippen molar-refractivity contribution in [1.82, 2.24) is 5.32 Å². The summed E-state index contributed by atoms with van der Waals surface area (Å²) in [6.07, 6.45) is 1.02. The van der Waals surface area contributed by atoms with Gasteiger partial charge in [0, 0.05) is 6.42 Å². The van der Waals surface area contributed by atoms with Gasteiger partial charge in [0.1, 0.15) is 0 Å². The van der Waals surface area contributed by atoms with Crippen LogP contribution in [-0.4, -0.2) is 20.1 Å². The number of methoxy groups -OCH3 is 2. The smallest absolute Gasteiger partial charge is 0.221 e. The minimum Gasteiger partial charge on any atom is -0.493 e. The van der Waals surface area contributed by atoms with Crippen molar-refractivity contribution in [2.24, 2.45) is 0 Å². The summed E-state index contributed by atoms with van der Waals surface area (Å²) in [5.74, 6) is 1.37. The van der Waals surface area contributed by atoms with Crippen LogP contribution < -0.4 is 14.8 Å². The van der Waals surface area contributed by atoms with Crippen LogP contribution in [0, 0.1) is 6.92 Å². The van der Waals surface area contributed by atoms with Crippen LogP contribution in [0.4, 0.5) is 0 Å². The van der Waals surface area contributed by atoms with Crippen LogP contribution in [0.2, 0.25) is 0 Å². The Bertz CT molecular complexity index is 936. The fourth-order valence-electron chi connectivity index (χ4n) is 3.29. The van der Waals surface area contributed by atoms with E-state index in [0.29, 0.717) is 24.3 Å². The molecule has 0 spiro atoms. The molecular weight excluding hydrogens is 362 g/mol. The molecule has 0 fully saturated rings. The van der Waals surface area contributed by atoms with Gasteiger partial charge in [-0.15, -0.1) is 0 Å². The van der Waals surface area contributed by atoms with Crippen molar-refractivity contribution in [3.63, 3.8) is 0 Å². The molecule has 1 amide bonds. The molecule has 0 bridgehead atoms. The lowest BCUT2D eigenvalue weighted by atomic mass is 9.97. The quantitative estimate of drug-likeness (QED) is 0.599. The number of rotatable bonds is 8. The van der Waals surface area contributed by atoms with E-state index in [1.54, 1.807) is 14.2 Å². The van der Waals surface area contributed by atoms with Crippen LogP contribution in [0.15, 0.2) is 72.8 Å². The number of aryl methyl sites for hydroxylation is 2. The van der Waals surface area contributed by atoms with E-state index in [9.17, 15) is 4.79 Å². The van der Waals surface area contributed by atoms with Crippen LogP contribution in [0.5, 0.6) is 11.5 Å². The zero-order valence-electron chi connectivity index (χ0n) is 17.1. The van der Waals surface area contributed by atoms with E-state index >= 15 is 0 Å². The lowest BCUT2D eigenvalue weighted by Crippen LogP contribution is -2.29. The molecule has 3 aromatic carbocycles. The summed E-state index contributed by atoms with van der Waals surface area (Å²) in [4.78, 5) is 12.8. The first kappa shape index (κ1) is 20.5. The third-order valence-electron chi connectivity index (χ3n) is 4.94. The van der Waals surface area contributed by atoms with E-state index in [4.69, 9.17) is 9.47 Å². The second-order valence-corrected chi connectivity index (χ2v) is 7.01. The molecule has 0 aliphatic heterocycles. The molecule has 4 heteroatoms. The van der Waals surface area contributed by atoms with E-state index in [1.807, 2.05) is 48.5 Å². The molecule has 0 radical (unpaired) electrons. The molecule has 4 nitrogen and oxygen atoms in total. The Morgan fingerprint density at radius 2 is 1.52 bits per heavy atom. The summed E-state index contributed by atoms with van der Waals surface area (Å²) < 4.78 is 10.6. The molecule has 0 saturated heterocycles. The van der Waals surface area contributed by atoms with Crippen molar-refractivity contribution in [3.8, 4) is 11.5 Å². The first-order valence-corrected chi connectivity index (χ1v) is 9.72. The zero-order chi connectivity index (χ0) is 20.6. The van der Waals surface area contributed by atoms with Crippen LogP contribution in [-0.2, 0) is 11.2 Å². The van der Waals surface area contributed by atoms with E-state index in [1.165, 1.54) is 5.56 Å². The van der Waals surface area contributed by atoms with Gasteiger partial charge in [0.05, 0.1) is 20.3 Å². The van der Waals surface area contributed by atoms with Crippen molar-refractivity contribution < 1.29 is 14.3 Å². The molecule has 3 aromatic rings. The standard InChI is InChI=1S/C25H27NO3/c1-18-9-13-21(14-10-18)25(20-7-5-4-6-8-20)26-24(27)16-12-19-11-15-22(28-2)23(17-19)29-3/h4-11,13-15,17,25H,12,16H2,1-3H3,(H,26,27)/t25-/m0/s1. The fraction of sp³-hybridized carbons (Fsp3) is 0.240. The molecule has 150 valence electrons. The van der Waals surface area contributed by atoms with Crippen LogP contribution in [0.1, 0.15) is 34.7 Å². The van der Waals surface area contributed by atoms with Crippen molar-refractivity contribution >= 4 is 5.91 Å². The van der Waals surface area contributed by atoms with Crippen molar-refractivity contribution in [2.45, 2.75) is 25.8 Å². The molecule has 1 N–H and O–H groups in total. The number of carbonyl (C=O) groups is 1. The van der Waals surface area contributed by atoms with Gasteiger partial charge in [0.15, 0.2) is 11.5 Å². The minimum atomic E-state index is -0.172. The van der Waals surface area contributed by atoms with Gasteiger partial charge in [0.25, 0.3) is 0 Å². The highest BCUT2D eigenvalue weighted by Gasteiger charge is 2.17. The first-order chi connectivity index (χ1) is 14.1. The average molecular weight is 389 g/mol. The van der Waals surface area contributed by atoms with Crippen LogP contribution in [0.3, 0.4) is 0 Å². The average Bonchev–Trinajstić information content (AvgIpc) is 2.77. The summed E-state index contributed by atoms with van der Waals surface area (Å²) >= 11 is 0. The lowest BCUT2D eigenvalue weighted by molar-refractivity contribution is -0.121. The maximum absolute atomic E-state index is 12.8. The SMILES string of the molecule is COc1ccc(CCC(=O)N[C@@H](c2ccccc2)c2ccc(C)cc2)cc1OC. The highest BCUT2D eigenvalue weighted by molar-refractivity contribution is 5.77. The highest BCUT2D eigenvalue weighted by Crippen LogP contribution is 2.28. The van der Waals surface area contributed by atoms with Crippen molar-refractivity contribution in [3.05, 3.63) is 95.1 Å². The summed E-state index contributed by atoms with van der Waals surface area (Å²) in [5.41, 5.74) is 4.36. The third-order valence-corrected chi connectivity index (χ3v) is 4.94. The Morgan fingerprint density at radius 3 is 2.17 bits per heavy atom. The summed E-state index contributed by atoms with van der Waals surface area (Å²) in [6, 6.07) is 23.9. The molecule has 0 unspecified atom stereocenters. The molecule has 29 heavy (non-hydrogen) atoms. The van der Waals surface area contributed by atoms with Gasteiger partial charge in [-0.25, -0.2) is 0 Å². The zero-order valence-corrected chi connectivity index (χ0v) is 17.1. The van der Waals surface area contributed by atoms with Crippen molar-refractivity contribution in [1.29, 1.82) is 0 Å². The number of benzene rings is 3. The van der Waals surface area contributed by atoms with Gasteiger partial charge in [-0.3, -0.25) is 4.79 Å². The van der Waals surface area contributed by atoms with Crippen LogP contribution in [0.25, 0.3) is 0 Å². The summed E-state index contributed by atoms with van der Waals surface area (Å²) in [7, 11) is 3.22. The number of ether oxygens (including phenoxy) is 2. The van der Waals surface area contributed by atoms with Gasteiger partial charge in [-0.1, -0.05) is 66.2 Å². The topological polar surface area (TPSA) is 47.6 Å². The van der Waals surface area contributed by atoms with Gasteiger partial charge in [0.2, 0.25) is 5.91 Å². The largest absolute Gasteiger partial charge is 0.493 e. The maximum Gasteiger partial charge on any atom is 0.221 e. The minimum absolute atomic E-state index is 0.00853. The van der Waals surface area contributed by atoms with E-state index < -0.39 is 0 Å². The Labute approximate surface area is 172 Å². The molecular formula is C25H27NO3. The maximum atomic E-state index is 12.8. The van der Waals surface area contributed by atoms with E-state index in [0.717, 1.165) is 16.7 Å². The number of hydrogen-bond acceptors (Lipinski definition) is 3. The fourth-order valence-corrected chi connectivity index (χ4v) is 3.29. The molecule has 1 atom stereocenters. The van der Waals surface area contributed by atoms with E-state index in [2.05, 4.69) is 36.5 Å². The molecule has 0 aliphatic carbocycles. The second kappa shape index (κ2) is 9.78. The number of nitrogens with one attached hydrogen (secondary N) is 1. The third kappa shape index (κ3) is 5.38. The van der Waals surface area contributed by atoms with E-state index in [-0.39, 0.29) is 11.9 Å². The normalized spacial score (nSPS) is 11.6. The first-order valence-electron chi connectivity index (χ1n) is 9.72. The Hall–Kier alpha value is -3.27. The molecule has 0 saturated carbocycles. The lowest BCUT2D eigenvalue weighted by Gasteiger charge is -2.20. The van der Waals surface area contributed by atoms with Gasteiger partial charge in [-0.05, 0) is 42.2 Å². The number of hydrogen-bond donors (Lipinski definition) is 1. The molecule has 3 rings (SSSR count). The van der Waals surface area contributed by atoms with Gasteiger partial charge in [-0.2, -0.15) is 0 Å². The Morgan fingerprint density at radius 1 is 0.862 bits per heavy atom. The predicted octanol–water partition coefficient (Wildman–Crippen LogP) is 4.85. The highest BCUT2D eigenvalue weighted by atomic mass is 16.5. The van der Waals surface area contributed by atoms with Gasteiger partial charge < -0.3 is 14.8 Å². The van der Waals surface area contributed by atoms with Crippen LogP contribution >= 0.6 is 0 Å².